The van der Waals surface area contributed by atoms with Crippen LogP contribution in [0.4, 0.5) is 0 Å². The topological polar surface area (TPSA) is 145 Å². The van der Waals surface area contributed by atoms with E-state index in [1.807, 2.05) is 31.2 Å². The molecule has 13 nitrogen and oxygen atoms in total. The molecule has 1 fully saturated rings. The van der Waals surface area contributed by atoms with Crippen LogP contribution in [0.5, 0.6) is 11.6 Å². The van der Waals surface area contributed by atoms with Crippen molar-refractivity contribution in [3.05, 3.63) is 60.0 Å². The van der Waals surface area contributed by atoms with Crippen LogP contribution in [0, 0.1) is 5.92 Å². The van der Waals surface area contributed by atoms with E-state index in [-0.39, 0.29) is 30.1 Å². The molecular weight excluding hydrogens is 528 g/mol. The third-order valence-electron chi connectivity index (χ3n) is 7.35. The molecule has 3 aromatic rings. The third-order valence-corrected chi connectivity index (χ3v) is 7.35. The number of fused-ring (bicyclic) bond motifs is 4. The molecule has 1 aromatic carbocycles. The maximum absolute atomic E-state index is 13.5. The number of likely N-dealkylation sites (tertiary alicyclic amines) is 1. The molecule has 2 atom stereocenters. The molecule has 0 radical (unpaired) electrons. The van der Waals surface area contributed by atoms with Crippen LogP contribution < -0.4 is 14.8 Å². The lowest BCUT2D eigenvalue weighted by Crippen LogP contribution is -2.39. The van der Waals surface area contributed by atoms with Gasteiger partial charge in [0.25, 0.3) is 5.91 Å². The van der Waals surface area contributed by atoms with Gasteiger partial charge in [-0.3, -0.25) is 14.4 Å². The van der Waals surface area contributed by atoms with Gasteiger partial charge in [-0.15, -0.1) is 5.10 Å². The zero-order valence-electron chi connectivity index (χ0n) is 23.0. The number of aryl methyl sites for hydroxylation is 1. The Bertz CT molecular complexity index is 1350. The summed E-state index contributed by atoms with van der Waals surface area (Å²) in [5.41, 5.74) is 1.32. The van der Waals surface area contributed by atoms with Crippen molar-refractivity contribution in [1.29, 1.82) is 0 Å². The van der Waals surface area contributed by atoms with Gasteiger partial charge >= 0.3 is 0 Å². The number of nitrogens with one attached hydrogen (secondary N) is 1. The van der Waals surface area contributed by atoms with Crippen molar-refractivity contribution >= 4 is 17.7 Å². The Labute approximate surface area is 237 Å². The number of tetrazole rings is 1. The lowest BCUT2D eigenvalue weighted by atomic mass is 9.88. The number of rotatable bonds is 6. The third kappa shape index (κ3) is 6.79. The minimum absolute atomic E-state index is 0.0536. The second-order valence-corrected chi connectivity index (χ2v) is 9.98. The number of carbonyl (C=O) groups is 3. The van der Waals surface area contributed by atoms with Gasteiger partial charge in [0.1, 0.15) is 24.2 Å². The largest absolute Gasteiger partial charge is 0.492 e. The van der Waals surface area contributed by atoms with Crippen LogP contribution in [0.25, 0.3) is 0 Å². The van der Waals surface area contributed by atoms with Crippen LogP contribution in [-0.4, -0.2) is 98.7 Å². The molecule has 2 aliphatic rings. The van der Waals surface area contributed by atoms with Crippen molar-refractivity contribution in [2.45, 2.75) is 32.2 Å². The van der Waals surface area contributed by atoms with Crippen molar-refractivity contribution in [2.75, 3.05) is 45.9 Å². The van der Waals surface area contributed by atoms with Crippen LogP contribution in [0.2, 0.25) is 0 Å². The average molecular weight is 563 g/mol. The standard InChI is InChI=1S/C28H34N8O5/c1-2-40-27-22(8-4-10-30-27)28(39)34-12-5-11-29-26(38)24-18-35(25(37)9-13-36-19-31-32-33-36)17-23(24)20-6-3-7-21(16-20)41-15-14-34/h3-4,6-8,10,16,19,23-24H,2,5,9,11-15,17-18H2,1H3,(H,29,38)/t23-,24+/m1/s1. The fraction of sp³-hybridized carbons (Fsp3) is 0.464. The maximum atomic E-state index is 13.5. The molecule has 4 heterocycles. The number of hydrogen-bond donors (Lipinski definition) is 1. The quantitative estimate of drug-likeness (QED) is 0.468. The first-order valence-electron chi connectivity index (χ1n) is 13.9. The molecule has 1 saturated heterocycles. The van der Waals surface area contributed by atoms with E-state index in [0.717, 1.165) is 5.56 Å². The highest BCUT2D eigenvalue weighted by Gasteiger charge is 2.40. The molecule has 0 aliphatic carbocycles. The fourth-order valence-corrected chi connectivity index (χ4v) is 5.27. The van der Waals surface area contributed by atoms with Crippen molar-refractivity contribution in [3.63, 3.8) is 0 Å². The molecule has 0 saturated carbocycles. The van der Waals surface area contributed by atoms with E-state index in [1.165, 1.54) is 11.0 Å². The molecule has 41 heavy (non-hydrogen) atoms. The predicted molar refractivity (Wildman–Crippen MR) is 146 cm³/mol. The van der Waals surface area contributed by atoms with Crippen molar-refractivity contribution in [2.24, 2.45) is 5.92 Å². The van der Waals surface area contributed by atoms with E-state index in [9.17, 15) is 14.4 Å². The Morgan fingerprint density at radius 1 is 1.12 bits per heavy atom. The van der Waals surface area contributed by atoms with Crippen LogP contribution in [0.3, 0.4) is 0 Å². The zero-order chi connectivity index (χ0) is 28.6. The summed E-state index contributed by atoms with van der Waals surface area (Å²) in [4.78, 5) is 47.6. The van der Waals surface area contributed by atoms with Crippen molar-refractivity contribution in [3.8, 4) is 11.6 Å². The summed E-state index contributed by atoms with van der Waals surface area (Å²) >= 11 is 0. The molecule has 0 unspecified atom stereocenters. The molecule has 2 aromatic heterocycles. The molecule has 2 bridgehead atoms. The second-order valence-electron chi connectivity index (χ2n) is 9.98. The van der Waals surface area contributed by atoms with E-state index >= 15 is 0 Å². The number of nitrogens with zero attached hydrogens (tertiary/aromatic N) is 7. The highest BCUT2D eigenvalue weighted by molar-refractivity contribution is 5.96. The Morgan fingerprint density at radius 3 is 2.83 bits per heavy atom. The average Bonchev–Trinajstić information content (AvgIpc) is 3.68. The van der Waals surface area contributed by atoms with E-state index in [4.69, 9.17) is 9.47 Å². The van der Waals surface area contributed by atoms with Crippen molar-refractivity contribution in [1.82, 2.24) is 40.3 Å². The Balaban J connectivity index is 1.30. The summed E-state index contributed by atoms with van der Waals surface area (Å²) in [5, 5.41) is 14.1. The van der Waals surface area contributed by atoms with E-state index < -0.39 is 5.92 Å². The number of pyridine rings is 1. The van der Waals surface area contributed by atoms with Gasteiger partial charge in [-0.25, -0.2) is 9.67 Å². The van der Waals surface area contributed by atoms with E-state index in [2.05, 4.69) is 25.8 Å². The van der Waals surface area contributed by atoms with Gasteiger partial charge < -0.3 is 24.6 Å². The molecule has 2 aliphatic heterocycles. The number of benzene rings is 1. The Hall–Kier alpha value is -4.55. The molecule has 13 heteroatoms. The maximum Gasteiger partial charge on any atom is 0.259 e. The zero-order valence-corrected chi connectivity index (χ0v) is 23.0. The molecular formula is C28H34N8O5. The monoisotopic (exact) mass is 562 g/mol. The first kappa shape index (κ1) is 28.0. The first-order chi connectivity index (χ1) is 20.0. The summed E-state index contributed by atoms with van der Waals surface area (Å²) < 4.78 is 13.2. The Morgan fingerprint density at radius 2 is 2.00 bits per heavy atom. The molecule has 1 N–H and O–H groups in total. The lowest BCUT2D eigenvalue weighted by molar-refractivity contribution is -0.131. The summed E-state index contributed by atoms with van der Waals surface area (Å²) in [6.07, 6.45) is 3.85. The number of carbonyl (C=O) groups excluding carboxylic acids is 3. The summed E-state index contributed by atoms with van der Waals surface area (Å²) in [6, 6.07) is 11.0. The smallest absolute Gasteiger partial charge is 0.259 e. The van der Waals surface area contributed by atoms with E-state index in [1.54, 1.807) is 28.1 Å². The second kappa shape index (κ2) is 13.2. The SMILES string of the molecule is CCOc1ncccc1C(=O)N1CCCNC(=O)[C@H]2CN(C(=O)CCn3cnnn3)C[C@@H]2c2cccc(c2)OCC1. The number of ether oxygens (including phenoxy) is 2. The fourth-order valence-electron chi connectivity index (χ4n) is 5.27. The molecule has 216 valence electrons. The van der Waals surface area contributed by atoms with Gasteiger partial charge in [0.05, 0.1) is 25.6 Å². The van der Waals surface area contributed by atoms with Gasteiger partial charge in [-0.1, -0.05) is 12.1 Å². The molecule has 3 amide bonds. The minimum atomic E-state index is -0.410. The van der Waals surface area contributed by atoms with Crippen molar-refractivity contribution < 1.29 is 23.9 Å². The summed E-state index contributed by atoms with van der Waals surface area (Å²) in [6.45, 7) is 4.82. The predicted octanol–water partition coefficient (Wildman–Crippen LogP) is 1.14. The summed E-state index contributed by atoms with van der Waals surface area (Å²) in [7, 11) is 0. The van der Waals surface area contributed by atoms with Gasteiger partial charge in [0, 0.05) is 44.7 Å². The van der Waals surface area contributed by atoms with Gasteiger partial charge in [-0.05, 0) is 53.6 Å². The Kier molecular flexibility index (Phi) is 9.02. The van der Waals surface area contributed by atoms with E-state index in [0.29, 0.717) is 76.1 Å². The highest BCUT2D eigenvalue weighted by atomic mass is 16.5. The van der Waals surface area contributed by atoms with Gasteiger partial charge in [0.15, 0.2) is 0 Å². The van der Waals surface area contributed by atoms with Gasteiger partial charge in [0.2, 0.25) is 17.7 Å². The van der Waals surface area contributed by atoms with Crippen LogP contribution >= 0.6 is 0 Å². The van der Waals surface area contributed by atoms with Crippen LogP contribution in [0.1, 0.15) is 41.6 Å². The van der Waals surface area contributed by atoms with Crippen LogP contribution in [-0.2, 0) is 16.1 Å². The minimum Gasteiger partial charge on any atom is -0.492 e. The normalized spacial score (nSPS) is 19.5. The highest BCUT2D eigenvalue weighted by Crippen LogP contribution is 2.35. The molecule has 0 spiro atoms. The van der Waals surface area contributed by atoms with Crippen LogP contribution in [0.15, 0.2) is 48.9 Å². The number of amides is 3. The lowest BCUT2D eigenvalue weighted by Gasteiger charge is -2.25. The number of aromatic nitrogens is 5. The first-order valence-corrected chi connectivity index (χ1v) is 13.9. The molecule has 5 rings (SSSR count). The number of hydrogen-bond acceptors (Lipinski definition) is 9. The van der Waals surface area contributed by atoms with Gasteiger partial charge in [-0.2, -0.15) is 0 Å². The summed E-state index contributed by atoms with van der Waals surface area (Å²) in [5.74, 6) is -0.00757.